The van der Waals surface area contributed by atoms with Crippen LogP contribution in [0.3, 0.4) is 0 Å². The van der Waals surface area contributed by atoms with Gasteiger partial charge in [0, 0.05) is 13.8 Å². The highest BCUT2D eigenvalue weighted by molar-refractivity contribution is 5.67. The van der Waals surface area contributed by atoms with E-state index in [-0.39, 0.29) is 53.1 Å². The van der Waals surface area contributed by atoms with Crippen molar-refractivity contribution in [3.8, 4) is 0 Å². The minimum absolute atomic E-state index is 0.0549. The molecule has 4 heterocycles. The number of hydrogen-bond acceptors (Lipinski definition) is 20. The number of rotatable bonds is 11. The van der Waals surface area contributed by atoms with E-state index in [1.54, 1.807) is 0 Å². The minimum atomic E-state index is -1.59. The van der Waals surface area contributed by atoms with E-state index in [4.69, 9.17) is 42.6 Å². The average Bonchev–Trinajstić information content (AvgIpc) is 3.53. The van der Waals surface area contributed by atoms with Gasteiger partial charge in [0.1, 0.15) is 48.8 Å². The molecule has 0 aromatic carbocycles. The highest BCUT2D eigenvalue weighted by Gasteiger charge is 2.85. The number of ether oxygens (including phenoxy) is 9. The summed E-state index contributed by atoms with van der Waals surface area (Å²) in [5.74, 6) is -1.70. The molecule has 5 saturated carbocycles. The largest absolute Gasteiger partial charge is 0.455 e. The van der Waals surface area contributed by atoms with E-state index in [1.807, 2.05) is 13.8 Å². The number of carbonyl (C=O) groups excluding carboxylic acids is 2. The number of carbonyl (C=O) groups is 2. The molecule has 0 aromatic heterocycles. The molecule has 0 bridgehead atoms. The van der Waals surface area contributed by atoms with Crippen molar-refractivity contribution < 1.29 is 98.2 Å². The molecule has 69 heavy (non-hydrogen) atoms. The van der Waals surface area contributed by atoms with E-state index >= 15 is 0 Å². The molecule has 25 atom stereocenters. The van der Waals surface area contributed by atoms with Gasteiger partial charge in [-0.1, -0.05) is 27.7 Å². The molecule has 5 aliphatic carbocycles. The van der Waals surface area contributed by atoms with E-state index in [0.717, 1.165) is 25.7 Å². The van der Waals surface area contributed by atoms with Crippen molar-refractivity contribution in [2.75, 3.05) is 26.4 Å². The quantitative estimate of drug-likeness (QED) is 0.0957. The molecule has 4 aliphatic heterocycles. The summed E-state index contributed by atoms with van der Waals surface area (Å²) in [5.41, 5.74) is -2.87. The second kappa shape index (κ2) is 18.3. The van der Waals surface area contributed by atoms with Crippen molar-refractivity contribution in [1.82, 2.24) is 0 Å². The monoisotopic (exact) mass is 987 g/mol. The maximum absolute atomic E-state index is 12.4. The van der Waals surface area contributed by atoms with Gasteiger partial charge in [-0.25, -0.2) is 0 Å². The second-order valence-electron chi connectivity index (χ2n) is 24.0. The van der Waals surface area contributed by atoms with Gasteiger partial charge in [0.05, 0.1) is 56.4 Å². The Morgan fingerprint density at radius 3 is 2.00 bits per heavy atom. The summed E-state index contributed by atoms with van der Waals surface area (Å²) in [4.78, 5) is 24.5. The average molecular weight is 987 g/mol. The summed E-state index contributed by atoms with van der Waals surface area (Å²) in [6.07, 6.45) is -14.3. The maximum Gasteiger partial charge on any atom is 0.303 e. The van der Waals surface area contributed by atoms with E-state index < -0.39 is 139 Å². The Bertz CT molecular complexity index is 1900. The third kappa shape index (κ3) is 8.25. The zero-order chi connectivity index (χ0) is 50.1. The molecule has 20 heteroatoms. The van der Waals surface area contributed by atoms with Crippen LogP contribution < -0.4 is 0 Å². The molecule has 0 aromatic rings. The maximum atomic E-state index is 12.4. The molecule has 2 spiro atoms. The summed E-state index contributed by atoms with van der Waals surface area (Å²) >= 11 is 0. The predicted molar refractivity (Wildman–Crippen MR) is 235 cm³/mol. The van der Waals surface area contributed by atoms with E-state index in [9.17, 15) is 55.5 Å². The molecule has 0 radical (unpaired) electrons. The smallest absolute Gasteiger partial charge is 0.303 e. The fourth-order valence-electron chi connectivity index (χ4n) is 16.4. The first-order valence-electron chi connectivity index (χ1n) is 25.2. The molecular weight excluding hydrogens is 909 g/mol. The van der Waals surface area contributed by atoms with Gasteiger partial charge in [-0.05, 0) is 116 Å². The van der Waals surface area contributed by atoms with Gasteiger partial charge in [0.15, 0.2) is 31.1 Å². The number of aliphatic hydroxyl groups excluding tert-OH is 9. The molecule has 394 valence electrons. The first-order valence-corrected chi connectivity index (χ1v) is 25.2. The van der Waals surface area contributed by atoms with Gasteiger partial charge >= 0.3 is 11.9 Å². The van der Waals surface area contributed by atoms with Crippen LogP contribution in [0.2, 0.25) is 0 Å². The van der Waals surface area contributed by atoms with Crippen molar-refractivity contribution >= 4 is 11.9 Å². The van der Waals surface area contributed by atoms with Crippen LogP contribution in [-0.2, 0) is 52.2 Å². The lowest BCUT2D eigenvalue weighted by Crippen LogP contribution is -2.64. The van der Waals surface area contributed by atoms with E-state index in [1.165, 1.54) is 13.8 Å². The van der Waals surface area contributed by atoms with Crippen LogP contribution in [0, 0.1) is 50.7 Å². The Kier molecular flexibility index (Phi) is 13.8. The number of aliphatic hydroxyl groups is 9. The highest BCUT2D eigenvalue weighted by atomic mass is 16.7. The zero-order valence-electron chi connectivity index (χ0n) is 41.1. The molecule has 9 fully saturated rings. The molecular formula is C49H78O20. The second-order valence-corrected chi connectivity index (χ2v) is 24.0. The normalized spacial score (nSPS) is 53.6. The van der Waals surface area contributed by atoms with Crippen molar-refractivity contribution in [3.63, 3.8) is 0 Å². The third-order valence-electron chi connectivity index (χ3n) is 19.7. The first kappa shape index (κ1) is 52.2. The Labute approximate surface area is 403 Å². The van der Waals surface area contributed by atoms with Gasteiger partial charge in [-0.15, -0.1) is 0 Å². The van der Waals surface area contributed by atoms with Crippen LogP contribution in [0.25, 0.3) is 0 Å². The fraction of sp³-hybridized carbons (Fsp3) is 0.959. The standard InChI is InChI=1S/C49H78O20/c1-21(51)64-38-26(55)19-63-43(39(38)65-22(2)52)68-30-9-10-49-20-48(49)12-11-46(7)32(23-13-31(61-17-23)45(5,6)69-42-37(60)35(58)34(57)28(16-50)67-42)24(53)15-47(46,8)29(48)14-27(40(49)44(30,3)4)66-41-36(59)33(56)25(54)18-62-41/h23-43,50,53-60H,9-20H2,1-8H3/t23-,24-,25+,26+,27-,28+,29-,30-,31-,32-,33-,34+,35-,36+,37+,38-,39+,40-,41-,42-,43-,46+,47-,48+,49+/m0/s1. The summed E-state index contributed by atoms with van der Waals surface area (Å²) in [7, 11) is 0. The molecule has 9 rings (SSSR count). The molecule has 20 nitrogen and oxygen atoms in total. The van der Waals surface area contributed by atoms with Gasteiger partial charge in [-0.3, -0.25) is 9.59 Å². The van der Waals surface area contributed by atoms with Crippen molar-refractivity contribution in [1.29, 1.82) is 0 Å². The Hall–Kier alpha value is -1.70. The Balaban J connectivity index is 0.986. The predicted octanol–water partition coefficient (Wildman–Crippen LogP) is -0.204. The SMILES string of the molecule is CC(=O)O[C@@H]1[C@@H](OC(C)=O)[C@H](O[C@H]2CC[C@]34C[C@@]35CC[C@]3(C)[C@@H]([C@@H]6CO[C@H](C(C)(C)O[C@@H]7O[C@H](CO)[C@@H](O)[C@H](O)[C@H]7O)C6)[C@@H](O)C[C@@]3(C)[C@@H]5C[C@H](O[C@@H]3OC[C@@H](O)[C@H](O)[C@H]3O)[C@H]4C2(C)C)OC[C@H]1O. The summed E-state index contributed by atoms with van der Waals surface area (Å²) in [5, 5.41) is 97.1. The highest BCUT2D eigenvalue weighted by Crippen LogP contribution is 2.89. The lowest BCUT2D eigenvalue weighted by molar-refractivity contribution is -0.331. The third-order valence-corrected chi connectivity index (χ3v) is 19.7. The minimum Gasteiger partial charge on any atom is -0.455 e. The van der Waals surface area contributed by atoms with Crippen molar-refractivity contribution in [2.45, 2.75) is 217 Å². The van der Waals surface area contributed by atoms with Gasteiger partial charge in [0.25, 0.3) is 0 Å². The summed E-state index contributed by atoms with van der Waals surface area (Å²) < 4.78 is 55.3. The number of hydrogen-bond donors (Lipinski definition) is 9. The lowest BCUT2D eigenvalue weighted by Gasteiger charge is -2.65. The lowest BCUT2D eigenvalue weighted by atomic mass is 9.41. The van der Waals surface area contributed by atoms with Crippen molar-refractivity contribution in [2.24, 2.45) is 50.7 Å². The zero-order valence-corrected chi connectivity index (χ0v) is 41.1. The van der Waals surface area contributed by atoms with Crippen LogP contribution in [0.5, 0.6) is 0 Å². The van der Waals surface area contributed by atoms with E-state index in [2.05, 4.69) is 27.7 Å². The van der Waals surface area contributed by atoms with Crippen LogP contribution >= 0.6 is 0 Å². The van der Waals surface area contributed by atoms with Crippen LogP contribution in [-0.4, -0.2) is 194 Å². The summed E-state index contributed by atoms with van der Waals surface area (Å²) in [6.45, 7) is 14.2. The molecule has 4 saturated heterocycles. The topological polar surface area (TPSA) is 299 Å². The molecule has 0 unspecified atom stereocenters. The molecule has 9 N–H and O–H groups in total. The Morgan fingerprint density at radius 2 is 1.32 bits per heavy atom. The van der Waals surface area contributed by atoms with Crippen LogP contribution in [0.4, 0.5) is 0 Å². The van der Waals surface area contributed by atoms with Gasteiger partial charge in [0.2, 0.25) is 0 Å². The fourth-order valence-corrected chi connectivity index (χ4v) is 16.4. The summed E-state index contributed by atoms with van der Waals surface area (Å²) in [6, 6.07) is 0. The first-order chi connectivity index (χ1) is 32.3. The van der Waals surface area contributed by atoms with Crippen molar-refractivity contribution in [3.05, 3.63) is 0 Å². The van der Waals surface area contributed by atoms with Gasteiger partial charge < -0.3 is 88.6 Å². The molecule has 0 amide bonds. The van der Waals surface area contributed by atoms with Gasteiger partial charge in [-0.2, -0.15) is 0 Å². The Morgan fingerprint density at radius 1 is 0.667 bits per heavy atom. The van der Waals surface area contributed by atoms with E-state index in [0.29, 0.717) is 32.3 Å². The van der Waals surface area contributed by atoms with Crippen LogP contribution in [0.15, 0.2) is 0 Å². The number of fused-ring (bicyclic) bond motifs is 2. The molecule has 9 aliphatic rings. The number of esters is 2. The van der Waals surface area contributed by atoms with Crippen LogP contribution in [0.1, 0.15) is 107 Å².